The fourth-order valence-electron chi connectivity index (χ4n) is 3.26. The number of hydrogen-bond donors (Lipinski definition) is 1. The minimum absolute atomic E-state index is 0.255. The maximum absolute atomic E-state index is 11.4. The van der Waals surface area contributed by atoms with Crippen LogP contribution in [-0.4, -0.2) is 36.8 Å². The lowest BCUT2D eigenvalue weighted by Gasteiger charge is -2.46. The molecule has 0 spiro atoms. The monoisotopic (exact) mass is 313 g/mol. The Labute approximate surface area is 137 Å². The van der Waals surface area contributed by atoms with Crippen LogP contribution < -0.4 is 4.74 Å². The number of benzene rings is 2. The SMILES string of the molecule is CCN1CCO[C@](O)(c2ccccc2)[C@@H]1c1ccc(OC)cc1. The second kappa shape index (κ2) is 6.71. The molecule has 1 heterocycles. The Morgan fingerprint density at radius 2 is 1.87 bits per heavy atom. The van der Waals surface area contributed by atoms with Crippen molar-refractivity contribution in [2.45, 2.75) is 18.8 Å². The highest BCUT2D eigenvalue weighted by Gasteiger charge is 2.46. The van der Waals surface area contributed by atoms with Gasteiger partial charge >= 0.3 is 0 Å². The van der Waals surface area contributed by atoms with E-state index in [2.05, 4.69) is 11.8 Å². The fraction of sp³-hybridized carbons (Fsp3) is 0.368. The number of likely N-dealkylation sites (N-methyl/N-ethyl adjacent to an activating group) is 1. The summed E-state index contributed by atoms with van der Waals surface area (Å²) in [4.78, 5) is 2.25. The van der Waals surface area contributed by atoms with Crippen LogP contribution in [0.25, 0.3) is 0 Å². The molecule has 0 amide bonds. The van der Waals surface area contributed by atoms with Crippen LogP contribution in [0.1, 0.15) is 24.1 Å². The molecule has 3 rings (SSSR count). The molecular formula is C19H23NO3. The Balaban J connectivity index is 2.05. The van der Waals surface area contributed by atoms with Gasteiger partial charge in [-0.05, 0) is 24.2 Å². The van der Waals surface area contributed by atoms with E-state index in [1.165, 1.54) is 0 Å². The molecule has 1 fully saturated rings. The van der Waals surface area contributed by atoms with Crippen LogP contribution in [0, 0.1) is 0 Å². The summed E-state index contributed by atoms with van der Waals surface area (Å²) < 4.78 is 11.1. The molecule has 1 aliphatic heterocycles. The van der Waals surface area contributed by atoms with Crippen molar-refractivity contribution < 1.29 is 14.6 Å². The van der Waals surface area contributed by atoms with Crippen LogP contribution >= 0.6 is 0 Å². The van der Waals surface area contributed by atoms with Crippen LogP contribution in [0.2, 0.25) is 0 Å². The zero-order chi connectivity index (χ0) is 16.3. The van der Waals surface area contributed by atoms with Gasteiger partial charge in [0.05, 0.1) is 19.8 Å². The van der Waals surface area contributed by atoms with Gasteiger partial charge in [-0.1, -0.05) is 49.4 Å². The molecule has 0 bridgehead atoms. The van der Waals surface area contributed by atoms with E-state index in [0.717, 1.165) is 30.0 Å². The lowest BCUT2D eigenvalue weighted by molar-refractivity contribution is -0.281. The van der Waals surface area contributed by atoms with Crippen molar-refractivity contribution in [3.63, 3.8) is 0 Å². The molecule has 0 unspecified atom stereocenters. The summed E-state index contributed by atoms with van der Waals surface area (Å²) in [5, 5.41) is 11.4. The van der Waals surface area contributed by atoms with Gasteiger partial charge in [0.25, 0.3) is 0 Å². The van der Waals surface area contributed by atoms with Crippen molar-refractivity contribution in [1.29, 1.82) is 0 Å². The minimum Gasteiger partial charge on any atom is -0.497 e. The first-order chi connectivity index (χ1) is 11.2. The van der Waals surface area contributed by atoms with E-state index in [1.807, 2.05) is 54.6 Å². The Morgan fingerprint density at radius 3 is 2.48 bits per heavy atom. The lowest BCUT2D eigenvalue weighted by atomic mass is 9.89. The van der Waals surface area contributed by atoms with E-state index in [4.69, 9.17) is 9.47 Å². The van der Waals surface area contributed by atoms with E-state index in [0.29, 0.717) is 6.61 Å². The van der Waals surface area contributed by atoms with Crippen molar-refractivity contribution in [2.24, 2.45) is 0 Å². The van der Waals surface area contributed by atoms with Crippen LogP contribution in [0.3, 0.4) is 0 Å². The number of nitrogens with zero attached hydrogens (tertiary/aromatic N) is 1. The first kappa shape index (κ1) is 16.0. The molecule has 4 heteroatoms. The number of morpholine rings is 1. The highest BCUT2D eigenvalue weighted by Crippen LogP contribution is 2.43. The lowest BCUT2D eigenvalue weighted by Crippen LogP contribution is -2.52. The van der Waals surface area contributed by atoms with Crippen LogP contribution in [0.5, 0.6) is 5.75 Å². The predicted molar refractivity (Wildman–Crippen MR) is 89.3 cm³/mol. The number of hydrogen-bond acceptors (Lipinski definition) is 4. The molecule has 23 heavy (non-hydrogen) atoms. The van der Waals surface area contributed by atoms with E-state index >= 15 is 0 Å². The molecular weight excluding hydrogens is 290 g/mol. The van der Waals surface area contributed by atoms with Gasteiger partial charge in [0.1, 0.15) is 5.75 Å². The van der Waals surface area contributed by atoms with Gasteiger partial charge < -0.3 is 14.6 Å². The maximum Gasteiger partial charge on any atom is 0.212 e. The first-order valence-electron chi connectivity index (χ1n) is 7.99. The van der Waals surface area contributed by atoms with E-state index in [9.17, 15) is 5.11 Å². The van der Waals surface area contributed by atoms with Gasteiger partial charge in [0.2, 0.25) is 5.79 Å². The van der Waals surface area contributed by atoms with Gasteiger partial charge in [0.15, 0.2) is 0 Å². The fourth-order valence-corrected chi connectivity index (χ4v) is 3.26. The summed E-state index contributed by atoms with van der Waals surface area (Å²) in [6.07, 6.45) is 0. The van der Waals surface area contributed by atoms with Crippen molar-refractivity contribution in [2.75, 3.05) is 26.8 Å². The molecule has 1 N–H and O–H groups in total. The van der Waals surface area contributed by atoms with Crippen LogP contribution in [-0.2, 0) is 10.5 Å². The molecule has 1 saturated heterocycles. The van der Waals surface area contributed by atoms with Crippen molar-refractivity contribution in [3.8, 4) is 5.75 Å². The molecule has 0 aromatic heterocycles. The average Bonchev–Trinajstić information content (AvgIpc) is 2.62. The Bertz CT molecular complexity index is 629. The molecule has 4 nitrogen and oxygen atoms in total. The van der Waals surface area contributed by atoms with Gasteiger partial charge in [-0.25, -0.2) is 0 Å². The topological polar surface area (TPSA) is 41.9 Å². The van der Waals surface area contributed by atoms with E-state index in [1.54, 1.807) is 7.11 Å². The normalized spacial score (nSPS) is 25.3. The summed E-state index contributed by atoms with van der Waals surface area (Å²) in [6, 6.07) is 17.2. The molecule has 2 aromatic carbocycles. The van der Waals surface area contributed by atoms with Crippen molar-refractivity contribution >= 4 is 0 Å². The Morgan fingerprint density at radius 1 is 1.17 bits per heavy atom. The first-order valence-corrected chi connectivity index (χ1v) is 7.99. The van der Waals surface area contributed by atoms with Gasteiger partial charge in [-0.3, -0.25) is 4.90 Å². The third-order valence-electron chi connectivity index (χ3n) is 4.46. The molecule has 122 valence electrons. The molecule has 0 radical (unpaired) electrons. The van der Waals surface area contributed by atoms with Crippen LogP contribution in [0.4, 0.5) is 0 Å². The van der Waals surface area contributed by atoms with Gasteiger partial charge in [0, 0.05) is 12.1 Å². The van der Waals surface area contributed by atoms with Gasteiger partial charge in [-0.2, -0.15) is 0 Å². The zero-order valence-electron chi connectivity index (χ0n) is 13.6. The van der Waals surface area contributed by atoms with Crippen molar-refractivity contribution in [3.05, 3.63) is 65.7 Å². The number of aliphatic hydroxyl groups is 1. The highest BCUT2D eigenvalue weighted by atomic mass is 16.6. The second-order valence-corrected chi connectivity index (χ2v) is 5.72. The van der Waals surface area contributed by atoms with E-state index < -0.39 is 5.79 Å². The Hall–Kier alpha value is -1.88. The summed E-state index contributed by atoms with van der Waals surface area (Å²) >= 11 is 0. The Kier molecular flexibility index (Phi) is 4.66. The molecule has 2 atom stereocenters. The summed E-state index contributed by atoms with van der Waals surface area (Å²) in [6.45, 7) is 4.25. The van der Waals surface area contributed by atoms with Gasteiger partial charge in [-0.15, -0.1) is 0 Å². The second-order valence-electron chi connectivity index (χ2n) is 5.72. The van der Waals surface area contributed by atoms with E-state index in [-0.39, 0.29) is 6.04 Å². The van der Waals surface area contributed by atoms with Crippen molar-refractivity contribution in [1.82, 2.24) is 4.90 Å². The largest absolute Gasteiger partial charge is 0.497 e. The summed E-state index contributed by atoms with van der Waals surface area (Å²) in [7, 11) is 1.65. The third-order valence-corrected chi connectivity index (χ3v) is 4.46. The minimum atomic E-state index is -1.36. The quantitative estimate of drug-likeness (QED) is 0.942. The maximum atomic E-state index is 11.4. The smallest absolute Gasteiger partial charge is 0.212 e. The standard InChI is InChI=1S/C19H23NO3/c1-3-20-13-14-23-19(21,16-7-5-4-6-8-16)18(20)15-9-11-17(22-2)12-10-15/h4-12,18,21H,3,13-14H2,1-2H3/t18-,19+/m0/s1. The average molecular weight is 313 g/mol. The van der Waals surface area contributed by atoms with Crippen LogP contribution in [0.15, 0.2) is 54.6 Å². The third kappa shape index (κ3) is 2.98. The summed E-state index contributed by atoms with van der Waals surface area (Å²) in [5.74, 6) is -0.554. The molecule has 1 aliphatic rings. The zero-order valence-corrected chi connectivity index (χ0v) is 13.6. The predicted octanol–water partition coefficient (Wildman–Crippen LogP) is 2.93. The molecule has 0 aliphatic carbocycles. The molecule has 0 saturated carbocycles. The number of ether oxygens (including phenoxy) is 2. The number of methoxy groups -OCH3 is 1. The summed E-state index contributed by atoms with van der Waals surface area (Å²) in [5.41, 5.74) is 1.79. The highest BCUT2D eigenvalue weighted by molar-refractivity contribution is 5.33. The number of rotatable bonds is 4. The molecule has 2 aromatic rings.